The van der Waals surface area contributed by atoms with Crippen molar-refractivity contribution in [2.75, 3.05) is 0 Å². The summed E-state index contributed by atoms with van der Waals surface area (Å²) in [7, 11) is -4.63. The summed E-state index contributed by atoms with van der Waals surface area (Å²) in [6.45, 7) is 0. The fourth-order valence-electron chi connectivity index (χ4n) is 0.628. The van der Waals surface area contributed by atoms with Crippen LogP contribution in [0, 0.1) is 10.1 Å². The van der Waals surface area contributed by atoms with Crippen LogP contribution in [0.25, 0.3) is 0 Å². The number of pyridine rings is 1. The van der Waals surface area contributed by atoms with Crippen LogP contribution in [-0.4, -0.2) is 22.9 Å². The van der Waals surface area contributed by atoms with Gasteiger partial charge in [-0.25, -0.2) is 13.4 Å². The quantitative estimate of drug-likeness (QED) is 0.235. The van der Waals surface area contributed by atoms with Crippen molar-refractivity contribution in [3.63, 3.8) is 0 Å². The van der Waals surface area contributed by atoms with Gasteiger partial charge in [-0.15, -0.1) is 0 Å². The topological polar surface area (TPSA) is 113 Å². The van der Waals surface area contributed by atoms with E-state index < -0.39 is 20.1 Å². The molecule has 0 amide bonds. The Morgan fingerprint density at radius 2 is 1.93 bits per heavy atom. The fraction of sp³-hybridized carbons (Fsp3) is 0. The minimum absolute atomic E-state index is 0. The maximum absolute atomic E-state index is 10.3. The molecule has 0 aliphatic heterocycles. The summed E-state index contributed by atoms with van der Waals surface area (Å²) >= 11 is 0. The van der Waals surface area contributed by atoms with E-state index in [1.807, 2.05) is 0 Å². The van der Waals surface area contributed by atoms with Gasteiger partial charge < -0.3 is 4.55 Å². The van der Waals surface area contributed by atoms with Gasteiger partial charge in [0.05, 0.1) is 4.92 Å². The molecule has 0 saturated carbocycles. The van der Waals surface area contributed by atoms with E-state index in [1.54, 1.807) is 0 Å². The van der Waals surface area contributed by atoms with E-state index in [2.05, 4.69) is 4.98 Å². The minimum atomic E-state index is -4.63. The standard InChI is InChI=1S/C5H4N2O5S.K/c8-7(9)4-1-2-5(6-3-4)13(10,11)12;/h1-3H,(H,10,11,12);/q;+1/p-1. The Morgan fingerprint density at radius 3 is 2.21 bits per heavy atom. The number of nitro groups is 1. The van der Waals surface area contributed by atoms with Crippen LogP contribution in [0.1, 0.15) is 0 Å². The molecule has 0 aromatic carbocycles. The third-order valence-electron chi connectivity index (χ3n) is 1.19. The molecule has 0 atom stereocenters. The summed E-state index contributed by atoms with van der Waals surface area (Å²) in [5.41, 5.74) is -0.368. The van der Waals surface area contributed by atoms with Crippen molar-refractivity contribution >= 4 is 15.8 Å². The molecule has 0 N–H and O–H groups in total. The molecule has 14 heavy (non-hydrogen) atoms. The normalized spacial score (nSPS) is 10.4. The first-order valence-electron chi connectivity index (χ1n) is 2.97. The second-order valence-corrected chi connectivity index (χ2v) is 3.39. The zero-order valence-corrected chi connectivity index (χ0v) is 11.0. The van der Waals surface area contributed by atoms with E-state index in [0.29, 0.717) is 6.20 Å². The van der Waals surface area contributed by atoms with Crippen LogP contribution in [0.5, 0.6) is 0 Å². The van der Waals surface area contributed by atoms with Crippen LogP contribution < -0.4 is 51.4 Å². The average Bonchev–Trinajstić information content (AvgIpc) is 2.03. The number of nitrogens with zero attached hydrogens (tertiary/aromatic N) is 2. The van der Waals surface area contributed by atoms with Crippen molar-refractivity contribution in [1.29, 1.82) is 0 Å². The molecule has 1 aromatic heterocycles. The second kappa shape index (κ2) is 5.25. The van der Waals surface area contributed by atoms with E-state index in [1.165, 1.54) is 0 Å². The molecular weight excluding hydrogens is 239 g/mol. The molecule has 9 heteroatoms. The molecule has 1 aromatic rings. The molecule has 1 rings (SSSR count). The number of hydrogen-bond acceptors (Lipinski definition) is 6. The first-order chi connectivity index (χ1) is 5.91. The van der Waals surface area contributed by atoms with E-state index in [4.69, 9.17) is 0 Å². The molecule has 0 spiro atoms. The van der Waals surface area contributed by atoms with E-state index in [-0.39, 0.29) is 57.1 Å². The average molecular weight is 242 g/mol. The van der Waals surface area contributed by atoms with Gasteiger partial charge in [-0.3, -0.25) is 10.1 Å². The van der Waals surface area contributed by atoms with E-state index in [0.717, 1.165) is 12.1 Å². The predicted octanol–water partition coefficient (Wildman–Crippen LogP) is -3.10. The smallest absolute Gasteiger partial charge is 0.743 e. The monoisotopic (exact) mass is 242 g/mol. The Morgan fingerprint density at radius 1 is 1.36 bits per heavy atom. The van der Waals surface area contributed by atoms with Crippen molar-refractivity contribution in [1.82, 2.24) is 4.98 Å². The Kier molecular flexibility index (Phi) is 5.29. The Labute approximate surface area is 122 Å². The minimum Gasteiger partial charge on any atom is -0.743 e. The first-order valence-corrected chi connectivity index (χ1v) is 4.38. The van der Waals surface area contributed by atoms with Gasteiger partial charge in [-0.2, -0.15) is 0 Å². The van der Waals surface area contributed by atoms with Crippen LogP contribution in [0.2, 0.25) is 0 Å². The maximum atomic E-state index is 10.3. The molecule has 0 radical (unpaired) electrons. The van der Waals surface area contributed by atoms with Gasteiger partial charge in [0.1, 0.15) is 21.3 Å². The maximum Gasteiger partial charge on any atom is 1.00 e. The summed E-state index contributed by atoms with van der Waals surface area (Å²) < 4.78 is 31.0. The van der Waals surface area contributed by atoms with Gasteiger partial charge in [0.2, 0.25) is 0 Å². The molecule has 0 saturated heterocycles. The summed E-state index contributed by atoms with van der Waals surface area (Å²) in [6, 6.07) is 1.69. The summed E-state index contributed by atoms with van der Waals surface area (Å²) in [4.78, 5) is 12.5. The van der Waals surface area contributed by atoms with Gasteiger partial charge in [-0.05, 0) is 6.07 Å². The van der Waals surface area contributed by atoms with Gasteiger partial charge in [0.25, 0.3) is 5.69 Å². The molecule has 0 aliphatic rings. The summed E-state index contributed by atoms with van der Waals surface area (Å²) in [5, 5.41) is 9.38. The van der Waals surface area contributed by atoms with Crippen molar-refractivity contribution in [3.8, 4) is 0 Å². The van der Waals surface area contributed by atoms with Gasteiger partial charge in [0, 0.05) is 6.07 Å². The molecule has 7 nitrogen and oxygen atoms in total. The Hall–Kier alpha value is 0.0964. The van der Waals surface area contributed by atoms with Crippen LogP contribution in [-0.2, 0) is 10.1 Å². The van der Waals surface area contributed by atoms with Crippen LogP contribution >= 0.6 is 0 Å². The molecular formula is C5H3KN2O5S. The molecule has 1 heterocycles. The zero-order valence-electron chi connectivity index (χ0n) is 7.08. The zero-order chi connectivity index (χ0) is 10.1. The Balaban J connectivity index is 0.00000169. The molecule has 70 valence electrons. The third kappa shape index (κ3) is 3.69. The fourth-order valence-corrected chi connectivity index (χ4v) is 1.04. The van der Waals surface area contributed by atoms with Crippen LogP contribution in [0.4, 0.5) is 5.69 Å². The van der Waals surface area contributed by atoms with Crippen molar-refractivity contribution in [2.24, 2.45) is 0 Å². The van der Waals surface area contributed by atoms with E-state index >= 15 is 0 Å². The van der Waals surface area contributed by atoms with Gasteiger partial charge in [0.15, 0.2) is 0 Å². The number of rotatable bonds is 2. The SMILES string of the molecule is O=[N+]([O-])c1ccc(S(=O)(=O)[O-])nc1.[K+]. The van der Waals surface area contributed by atoms with Gasteiger partial charge >= 0.3 is 51.4 Å². The number of aromatic nitrogens is 1. The predicted molar refractivity (Wildman–Crippen MR) is 38.9 cm³/mol. The van der Waals surface area contributed by atoms with E-state index in [9.17, 15) is 23.1 Å². The first kappa shape index (κ1) is 14.1. The largest absolute Gasteiger partial charge is 1.00 e. The van der Waals surface area contributed by atoms with Crippen LogP contribution in [0.3, 0.4) is 0 Å². The van der Waals surface area contributed by atoms with Crippen molar-refractivity contribution in [3.05, 3.63) is 28.4 Å². The van der Waals surface area contributed by atoms with Crippen molar-refractivity contribution < 1.29 is 69.3 Å². The van der Waals surface area contributed by atoms with Crippen LogP contribution in [0.15, 0.2) is 23.4 Å². The Bertz CT molecular complexity index is 428. The van der Waals surface area contributed by atoms with Crippen molar-refractivity contribution in [2.45, 2.75) is 5.03 Å². The third-order valence-corrected chi connectivity index (χ3v) is 1.94. The van der Waals surface area contributed by atoms with Gasteiger partial charge in [-0.1, -0.05) is 0 Å². The molecule has 0 fully saturated rings. The second-order valence-electron chi connectivity index (χ2n) is 2.07. The summed E-state index contributed by atoms with van der Waals surface area (Å²) in [6.07, 6.45) is 0.713. The summed E-state index contributed by atoms with van der Waals surface area (Å²) in [5.74, 6) is 0. The molecule has 0 aliphatic carbocycles. The molecule has 0 bridgehead atoms. The molecule has 0 unspecified atom stereocenters. The number of hydrogen-bond donors (Lipinski definition) is 0.